The van der Waals surface area contributed by atoms with E-state index in [0.717, 1.165) is 15.2 Å². The van der Waals surface area contributed by atoms with Gasteiger partial charge in [0.25, 0.3) is 5.91 Å². The van der Waals surface area contributed by atoms with Crippen molar-refractivity contribution in [3.63, 3.8) is 0 Å². The van der Waals surface area contributed by atoms with Crippen molar-refractivity contribution in [3.8, 4) is 11.5 Å². The molecule has 0 saturated carbocycles. The third kappa shape index (κ3) is 5.81. The number of ether oxygens (including phenoxy) is 2. The lowest BCUT2D eigenvalue weighted by Crippen LogP contribution is -2.24. The number of esters is 1. The zero-order valence-electron chi connectivity index (χ0n) is 17.7. The van der Waals surface area contributed by atoms with Gasteiger partial charge >= 0.3 is 5.97 Å². The van der Waals surface area contributed by atoms with Gasteiger partial charge in [0.15, 0.2) is 6.61 Å². The lowest BCUT2D eigenvalue weighted by Gasteiger charge is -2.09. The summed E-state index contributed by atoms with van der Waals surface area (Å²) < 4.78 is 11.7. The van der Waals surface area contributed by atoms with Gasteiger partial charge in [-0.25, -0.2) is 10.2 Å². The average molecular weight is 538 g/mol. The number of rotatable bonds is 7. The number of hydrazone groups is 1. The van der Waals surface area contributed by atoms with Crippen LogP contribution in [0.2, 0.25) is 5.02 Å². The molecule has 0 saturated heterocycles. The Morgan fingerprint density at radius 1 is 0.941 bits per heavy atom. The van der Waals surface area contributed by atoms with Crippen molar-refractivity contribution in [2.24, 2.45) is 5.10 Å². The standard InChI is InChI=1S/C26H18BrClN2O4/c27-25-20-6-2-1-5-18(20)11-14-23(25)33-16-24(31)30-29-15-17-9-12-19(13-10-17)34-26(32)21-7-3-4-8-22(21)28/h1-15H,16H2,(H,30,31). The van der Waals surface area contributed by atoms with E-state index >= 15 is 0 Å². The molecule has 0 atom stereocenters. The van der Waals surface area contributed by atoms with Gasteiger partial charge in [-0.2, -0.15) is 5.10 Å². The van der Waals surface area contributed by atoms with Crippen molar-refractivity contribution >= 4 is 56.4 Å². The Hall–Kier alpha value is -3.68. The minimum absolute atomic E-state index is 0.189. The van der Waals surface area contributed by atoms with E-state index in [9.17, 15) is 9.59 Å². The van der Waals surface area contributed by atoms with Gasteiger partial charge in [-0.1, -0.05) is 54.1 Å². The lowest BCUT2D eigenvalue weighted by atomic mass is 10.1. The molecule has 0 aromatic heterocycles. The second-order valence-corrected chi connectivity index (χ2v) is 8.32. The monoisotopic (exact) mass is 536 g/mol. The number of halogens is 2. The van der Waals surface area contributed by atoms with Gasteiger partial charge in [0.05, 0.1) is 21.3 Å². The number of nitrogens with zero attached hydrogens (tertiary/aromatic N) is 1. The van der Waals surface area contributed by atoms with E-state index in [0.29, 0.717) is 22.1 Å². The minimum Gasteiger partial charge on any atom is -0.483 e. The Morgan fingerprint density at radius 2 is 1.68 bits per heavy atom. The van der Waals surface area contributed by atoms with Gasteiger partial charge in [0, 0.05) is 0 Å². The number of carbonyl (C=O) groups excluding carboxylic acids is 2. The Morgan fingerprint density at radius 3 is 2.47 bits per heavy atom. The molecule has 0 aliphatic carbocycles. The highest BCUT2D eigenvalue weighted by Gasteiger charge is 2.12. The topological polar surface area (TPSA) is 77.0 Å². The summed E-state index contributed by atoms with van der Waals surface area (Å²) in [4.78, 5) is 24.3. The van der Waals surface area contributed by atoms with E-state index < -0.39 is 11.9 Å². The molecule has 4 aromatic rings. The first-order valence-corrected chi connectivity index (χ1v) is 11.4. The summed E-state index contributed by atoms with van der Waals surface area (Å²) in [5.74, 6) is -0.0147. The molecular weight excluding hydrogens is 520 g/mol. The molecule has 0 radical (unpaired) electrons. The van der Waals surface area contributed by atoms with E-state index in [2.05, 4.69) is 26.5 Å². The summed E-state index contributed by atoms with van der Waals surface area (Å²) in [6.07, 6.45) is 1.48. The molecule has 0 fully saturated rings. The fourth-order valence-electron chi connectivity index (χ4n) is 3.09. The normalized spacial score (nSPS) is 10.9. The first-order chi connectivity index (χ1) is 16.5. The molecule has 4 aromatic carbocycles. The number of benzene rings is 4. The second kappa shape index (κ2) is 11.0. The van der Waals surface area contributed by atoms with Crippen LogP contribution in [0.25, 0.3) is 10.8 Å². The van der Waals surface area contributed by atoms with Gasteiger partial charge in [0.1, 0.15) is 11.5 Å². The highest BCUT2D eigenvalue weighted by molar-refractivity contribution is 9.10. The van der Waals surface area contributed by atoms with Crippen molar-refractivity contribution < 1.29 is 19.1 Å². The fourth-order valence-corrected chi connectivity index (χ4v) is 3.91. The maximum Gasteiger partial charge on any atom is 0.345 e. The molecule has 0 unspecified atom stereocenters. The first-order valence-electron chi connectivity index (χ1n) is 10.2. The van der Waals surface area contributed by atoms with E-state index in [4.69, 9.17) is 21.1 Å². The predicted octanol–water partition coefficient (Wildman–Crippen LogP) is 6.00. The largest absolute Gasteiger partial charge is 0.483 e. The smallest absolute Gasteiger partial charge is 0.345 e. The molecule has 0 aliphatic rings. The van der Waals surface area contributed by atoms with Crippen LogP contribution in [0.4, 0.5) is 0 Å². The summed E-state index contributed by atoms with van der Waals surface area (Å²) in [7, 11) is 0. The van der Waals surface area contributed by atoms with E-state index in [1.165, 1.54) is 6.21 Å². The SMILES string of the molecule is O=C(COc1ccc2ccccc2c1Br)NN=Cc1ccc(OC(=O)c2ccccc2Cl)cc1. The number of hydrogen-bond acceptors (Lipinski definition) is 5. The lowest BCUT2D eigenvalue weighted by molar-refractivity contribution is -0.123. The zero-order chi connectivity index (χ0) is 23.9. The first kappa shape index (κ1) is 23.5. The van der Waals surface area contributed by atoms with Crippen molar-refractivity contribution in [1.82, 2.24) is 5.43 Å². The third-order valence-electron chi connectivity index (χ3n) is 4.77. The van der Waals surface area contributed by atoms with E-state index in [1.807, 2.05) is 36.4 Å². The quantitative estimate of drug-likeness (QED) is 0.136. The fraction of sp³-hybridized carbons (Fsp3) is 0.0385. The van der Waals surface area contributed by atoms with Crippen LogP contribution in [-0.2, 0) is 4.79 Å². The van der Waals surface area contributed by atoms with Crippen molar-refractivity contribution in [2.75, 3.05) is 6.61 Å². The molecule has 0 spiro atoms. The summed E-state index contributed by atoms with van der Waals surface area (Å²) in [5, 5.41) is 6.33. The number of amides is 1. The Bertz CT molecular complexity index is 1370. The van der Waals surface area contributed by atoms with Crippen LogP contribution >= 0.6 is 27.5 Å². The van der Waals surface area contributed by atoms with Crippen LogP contribution in [0.15, 0.2) is 94.5 Å². The highest BCUT2D eigenvalue weighted by Crippen LogP contribution is 2.32. The molecule has 8 heteroatoms. The molecule has 4 rings (SSSR count). The number of carbonyl (C=O) groups is 2. The van der Waals surface area contributed by atoms with Crippen LogP contribution in [0.3, 0.4) is 0 Å². The number of hydrogen-bond donors (Lipinski definition) is 1. The van der Waals surface area contributed by atoms with Gasteiger partial charge in [-0.15, -0.1) is 0 Å². The van der Waals surface area contributed by atoms with Gasteiger partial charge in [-0.3, -0.25) is 4.79 Å². The maximum atomic E-state index is 12.2. The third-order valence-corrected chi connectivity index (χ3v) is 5.92. The van der Waals surface area contributed by atoms with Crippen LogP contribution < -0.4 is 14.9 Å². The Labute approximate surface area is 209 Å². The van der Waals surface area contributed by atoms with E-state index in [1.54, 1.807) is 48.5 Å². The van der Waals surface area contributed by atoms with Gasteiger partial charge in [0.2, 0.25) is 0 Å². The van der Waals surface area contributed by atoms with E-state index in [-0.39, 0.29) is 12.2 Å². The van der Waals surface area contributed by atoms with Crippen LogP contribution in [0.5, 0.6) is 11.5 Å². The molecule has 1 N–H and O–H groups in total. The summed E-state index contributed by atoms with van der Waals surface area (Å²) in [5.41, 5.74) is 3.41. The Kier molecular flexibility index (Phi) is 7.57. The molecule has 170 valence electrons. The number of nitrogens with one attached hydrogen (secondary N) is 1. The highest BCUT2D eigenvalue weighted by atomic mass is 79.9. The van der Waals surface area contributed by atoms with Crippen molar-refractivity contribution in [1.29, 1.82) is 0 Å². The predicted molar refractivity (Wildman–Crippen MR) is 136 cm³/mol. The molecule has 1 amide bonds. The molecular formula is C26H18BrClN2O4. The van der Waals surface area contributed by atoms with Crippen molar-refractivity contribution in [3.05, 3.63) is 106 Å². The molecule has 0 aliphatic heterocycles. The number of fused-ring (bicyclic) bond motifs is 1. The average Bonchev–Trinajstić information content (AvgIpc) is 2.85. The summed E-state index contributed by atoms with van der Waals surface area (Å²) >= 11 is 9.55. The van der Waals surface area contributed by atoms with Gasteiger partial charge in [-0.05, 0) is 74.7 Å². The van der Waals surface area contributed by atoms with Gasteiger partial charge < -0.3 is 9.47 Å². The Balaban J connectivity index is 1.28. The maximum absolute atomic E-state index is 12.2. The molecule has 34 heavy (non-hydrogen) atoms. The molecule has 6 nitrogen and oxygen atoms in total. The summed E-state index contributed by atoms with van der Waals surface area (Å²) in [6, 6.07) is 24.9. The molecule has 0 heterocycles. The van der Waals surface area contributed by atoms with Crippen LogP contribution in [-0.4, -0.2) is 24.7 Å². The zero-order valence-corrected chi connectivity index (χ0v) is 20.0. The van der Waals surface area contributed by atoms with Crippen LogP contribution in [0.1, 0.15) is 15.9 Å². The minimum atomic E-state index is -0.544. The second-order valence-electron chi connectivity index (χ2n) is 7.12. The molecule has 0 bridgehead atoms. The summed E-state index contributed by atoms with van der Waals surface area (Å²) in [6.45, 7) is -0.189. The van der Waals surface area contributed by atoms with Crippen molar-refractivity contribution in [2.45, 2.75) is 0 Å². The van der Waals surface area contributed by atoms with Crippen LogP contribution in [0, 0.1) is 0 Å².